The molecule has 31 heavy (non-hydrogen) atoms. The zero-order chi connectivity index (χ0) is 22.6. The van der Waals surface area contributed by atoms with Gasteiger partial charge < -0.3 is 4.74 Å². The minimum Gasteiger partial charge on any atom is -0.381 e. The van der Waals surface area contributed by atoms with E-state index in [2.05, 4.69) is 46.8 Å². The molecule has 170 valence electrons. The third-order valence-electron chi connectivity index (χ3n) is 7.60. The van der Waals surface area contributed by atoms with Gasteiger partial charge in [-0.15, -0.1) is 0 Å². The number of Topliss-reactive ketones (excluding diaryl/α,β-unsaturated/α-hetero) is 2. The molecular weight excluding hydrogens is 384 g/mol. The second-order valence-electron chi connectivity index (χ2n) is 9.69. The van der Waals surface area contributed by atoms with Gasteiger partial charge in [-0.1, -0.05) is 51.0 Å². The van der Waals surface area contributed by atoms with Crippen molar-refractivity contribution in [3.63, 3.8) is 0 Å². The minimum atomic E-state index is -0.0220. The largest absolute Gasteiger partial charge is 0.381 e. The highest BCUT2D eigenvalue weighted by molar-refractivity contribution is 6.24. The van der Waals surface area contributed by atoms with Crippen LogP contribution in [0.3, 0.4) is 0 Å². The van der Waals surface area contributed by atoms with E-state index < -0.39 is 0 Å². The molecule has 1 aliphatic heterocycles. The van der Waals surface area contributed by atoms with Crippen molar-refractivity contribution < 1.29 is 14.3 Å². The van der Waals surface area contributed by atoms with Gasteiger partial charge in [-0.25, -0.2) is 0 Å². The van der Waals surface area contributed by atoms with Crippen molar-refractivity contribution in [2.45, 2.75) is 92.4 Å². The Kier molecular flexibility index (Phi) is 7.91. The summed E-state index contributed by atoms with van der Waals surface area (Å²) in [5.41, 5.74) is 6.83. The van der Waals surface area contributed by atoms with Crippen LogP contribution in [0.4, 0.5) is 0 Å². The quantitative estimate of drug-likeness (QED) is 0.483. The Bertz CT molecular complexity index is 826. The first-order valence-corrected chi connectivity index (χ1v) is 12.4. The Morgan fingerprint density at radius 3 is 2.10 bits per heavy atom. The molecular formula is C28H40O3. The molecule has 1 spiro atoms. The second-order valence-corrected chi connectivity index (χ2v) is 9.69. The summed E-state index contributed by atoms with van der Waals surface area (Å²) < 4.78 is 5.62. The van der Waals surface area contributed by atoms with Crippen molar-refractivity contribution in [1.82, 2.24) is 0 Å². The fourth-order valence-corrected chi connectivity index (χ4v) is 5.77. The average molecular weight is 425 g/mol. The maximum Gasteiger partial charge on any atom is 0.164 e. The summed E-state index contributed by atoms with van der Waals surface area (Å²) in [6.45, 7) is 12.1. The summed E-state index contributed by atoms with van der Waals surface area (Å²) in [4.78, 5) is 27.0. The first-order chi connectivity index (χ1) is 14.9. The molecule has 3 rings (SSSR count). The topological polar surface area (TPSA) is 43.4 Å². The third kappa shape index (κ3) is 5.03. The molecule has 1 aromatic rings. The molecule has 2 aliphatic rings. The lowest BCUT2D eigenvalue weighted by Gasteiger charge is -2.42. The Balaban J connectivity index is 2.16. The minimum absolute atomic E-state index is 0.0220. The van der Waals surface area contributed by atoms with Crippen LogP contribution in [0.5, 0.6) is 0 Å². The first-order valence-electron chi connectivity index (χ1n) is 12.4. The van der Waals surface area contributed by atoms with Gasteiger partial charge >= 0.3 is 0 Å². The van der Waals surface area contributed by atoms with Crippen LogP contribution in [-0.4, -0.2) is 24.8 Å². The lowest BCUT2D eigenvalue weighted by Crippen LogP contribution is -2.36. The molecule has 1 aliphatic carbocycles. The zero-order valence-electron chi connectivity index (χ0n) is 20.2. The van der Waals surface area contributed by atoms with Gasteiger partial charge in [0.15, 0.2) is 5.78 Å². The van der Waals surface area contributed by atoms with Crippen LogP contribution in [0.1, 0.15) is 94.9 Å². The van der Waals surface area contributed by atoms with Crippen LogP contribution in [0.2, 0.25) is 0 Å². The Hall–Kier alpha value is -1.74. The molecule has 0 unspecified atom stereocenters. The third-order valence-corrected chi connectivity index (χ3v) is 7.60. The van der Waals surface area contributed by atoms with Crippen LogP contribution in [0.25, 0.3) is 5.57 Å². The van der Waals surface area contributed by atoms with Gasteiger partial charge in [-0.2, -0.15) is 0 Å². The SMILES string of the molecule is CCc1cc(C)cc(CC)c1C1=C(CC(=O)C(CC)CC)CC2(CCOCC2)CC1=O. The molecule has 1 fully saturated rings. The van der Waals surface area contributed by atoms with Gasteiger partial charge in [-0.05, 0) is 74.0 Å². The summed E-state index contributed by atoms with van der Waals surface area (Å²) >= 11 is 0. The molecule has 0 saturated carbocycles. The van der Waals surface area contributed by atoms with Crippen LogP contribution >= 0.6 is 0 Å². The molecule has 3 heteroatoms. The Labute approximate surface area is 188 Å². The van der Waals surface area contributed by atoms with E-state index in [1.807, 2.05) is 0 Å². The summed E-state index contributed by atoms with van der Waals surface area (Å²) in [6.07, 6.45) is 7.26. The fourth-order valence-electron chi connectivity index (χ4n) is 5.77. The van der Waals surface area contributed by atoms with Gasteiger partial charge in [0, 0.05) is 37.5 Å². The van der Waals surface area contributed by atoms with Crippen molar-refractivity contribution >= 4 is 17.1 Å². The molecule has 0 atom stereocenters. The van der Waals surface area contributed by atoms with Crippen LogP contribution in [0, 0.1) is 18.3 Å². The molecule has 0 radical (unpaired) electrons. The molecule has 0 N–H and O–H groups in total. The lowest BCUT2D eigenvalue weighted by molar-refractivity contribution is -0.122. The highest BCUT2D eigenvalue weighted by Gasteiger charge is 2.42. The normalized spacial score (nSPS) is 18.8. The van der Waals surface area contributed by atoms with Crippen molar-refractivity contribution in [1.29, 1.82) is 0 Å². The number of hydrogen-bond acceptors (Lipinski definition) is 3. The van der Waals surface area contributed by atoms with E-state index >= 15 is 0 Å². The number of carbonyl (C=O) groups is 2. The molecule has 3 nitrogen and oxygen atoms in total. The maximum absolute atomic E-state index is 13.8. The number of benzene rings is 1. The van der Waals surface area contributed by atoms with E-state index in [0.717, 1.165) is 74.9 Å². The highest BCUT2D eigenvalue weighted by Crippen LogP contribution is 2.49. The van der Waals surface area contributed by atoms with E-state index in [1.54, 1.807) is 0 Å². The number of carbonyl (C=O) groups excluding carboxylic acids is 2. The Morgan fingerprint density at radius 2 is 1.58 bits per heavy atom. The summed E-state index contributed by atoms with van der Waals surface area (Å²) in [7, 11) is 0. The zero-order valence-corrected chi connectivity index (χ0v) is 20.2. The predicted molar refractivity (Wildman–Crippen MR) is 127 cm³/mol. The summed E-state index contributed by atoms with van der Waals surface area (Å²) in [5, 5.41) is 0. The van der Waals surface area contributed by atoms with E-state index in [0.29, 0.717) is 18.6 Å². The number of rotatable bonds is 8. The molecule has 1 aromatic carbocycles. The first kappa shape index (κ1) is 23.9. The standard InChI is InChI=1S/C28H40O3/c1-6-20(7-2)24(29)16-23-17-28(10-12-31-13-11-28)18-25(30)27(23)26-21(8-3)14-19(5)15-22(26)9-4/h14-15,20H,6-13,16-18H2,1-5H3. The van der Waals surface area contributed by atoms with E-state index in [9.17, 15) is 9.59 Å². The van der Waals surface area contributed by atoms with E-state index in [4.69, 9.17) is 4.74 Å². The van der Waals surface area contributed by atoms with Crippen LogP contribution in [-0.2, 0) is 27.2 Å². The van der Waals surface area contributed by atoms with Gasteiger partial charge in [0.25, 0.3) is 0 Å². The number of allylic oxidation sites excluding steroid dienone is 2. The Morgan fingerprint density at radius 1 is 1.00 bits per heavy atom. The smallest absolute Gasteiger partial charge is 0.164 e. The molecule has 1 saturated heterocycles. The summed E-state index contributed by atoms with van der Waals surface area (Å²) in [6, 6.07) is 4.46. The molecule has 0 aromatic heterocycles. The van der Waals surface area contributed by atoms with Gasteiger partial charge in [0.2, 0.25) is 0 Å². The van der Waals surface area contributed by atoms with Crippen molar-refractivity contribution in [3.05, 3.63) is 40.0 Å². The van der Waals surface area contributed by atoms with E-state index in [-0.39, 0.29) is 17.1 Å². The number of ketones is 2. The predicted octanol–water partition coefficient (Wildman–Crippen LogP) is 6.43. The van der Waals surface area contributed by atoms with Gasteiger partial charge in [0.1, 0.15) is 5.78 Å². The highest BCUT2D eigenvalue weighted by atomic mass is 16.5. The van der Waals surface area contributed by atoms with Gasteiger partial charge in [-0.3, -0.25) is 9.59 Å². The average Bonchev–Trinajstić information content (AvgIpc) is 2.75. The summed E-state index contributed by atoms with van der Waals surface area (Å²) in [5.74, 6) is 0.636. The lowest BCUT2D eigenvalue weighted by atomic mass is 9.64. The van der Waals surface area contributed by atoms with Crippen molar-refractivity contribution in [3.8, 4) is 0 Å². The van der Waals surface area contributed by atoms with Crippen LogP contribution < -0.4 is 0 Å². The van der Waals surface area contributed by atoms with Crippen molar-refractivity contribution in [2.24, 2.45) is 11.3 Å². The molecule has 0 bridgehead atoms. The fraction of sp³-hybridized carbons (Fsp3) is 0.643. The molecule has 0 amide bonds. The van der Waals surface area contributed by atoms with Gasteiger partial charge in [0.05, 0.1) is 0 Å². The second kappa shape index (κ2) is 10.3. The molecule has 1 heterocycles. The maximum atomic E-state index is 13.8. The number of hydrogen-bond donors (Lipinski definition) is 0. The number of ether oxygens (including phenoxy) is 1. The monoisotopic (exact) mass is 424 g/mol. The number of aryl methyl sites for hydroxylation is 3. The van der Waals surface area contributed by atoms with Crippen LogP contribution in [0.15, 0.2) is 17.7 Å². The van der Waals surface area contributed by atoms with Crippen molar-refractivity contribution in [2.75, 3.05) is 13.2 Å². The van der Waals surface area contributed by atoms with E-state index in [1.165, 1.54) is 16.7 Å².